The van der Waals surface area contributed by atoms with Gasteiger partial charge in [-0.3, -0.25) is 14.6 Å². The predicted molar refractivity (Wildman–Crippen MR) is 157 cm³/mol. The summed E-state index contributed by atoms with van der Waals surface area (Å²) in [6.07, 6.45) is 3.05. The summed E-state index contributed by atoms with van der Waals surface area (Å²) < 4.78 is 19.3. The first kappa shape index (κ1) is 27.7. The van der Waals surface area contributed by atoms with E-state index in [1.165, 1.54) is 6.20 Å². The summed E-state index contributed by atoms with van der Waals surface area (Å²) in [6.45, 7) is 7.37. The lowest BCUT2D eigenvalue weighted by molar-refractivity contribution is -0.0374. The lowest BCUT2D eigenvalue weighted by atomic mass is 9.95. The molecule has 4 heterocycles. The van der Waals surface area contributed by atoms with E-state index < -0.39 is 11.4 Å². The summed E-state index contributed by atoms with van der Waals surface area (Å²) in [5.74, 6) is 0.302. The topological polar surface area (TPSA) is 122 Å². The Morgan fingerprint density at radius 2 is 1.90 bits per heavy atom. The van der Waals surface area contributed by atoms with Crippen molar-refractivity contribution in [1.29, 1.82) is 0 Å². The Morgan fingerprint density at radius 1 is 1.10 bits per heavy atom. The number of ether oxygens (including phenoxy) is 3. The van der Waals surface area contributed by atoms with Gasteiger partial charge in [0.1, 0.15) is 18.1 Å². The SMILES string of the molecule is COc1cc2c(cc1-c1cncc(C(N)=O)c1)-c1c(c(C(=O)N3CCOCC3(C)C)nn1-c1cc(C)cc(Cl)c1)CO2. The lowest BCUT2D eigenvalue weighted by Gasteiger charge is -2.41. The van der Waals surface area contributed by atoms with Crippen LogP contribution >= 0.6 is 11.6 Å². The fraction of sp³-hybridized carbons (Fsp3) is 0.290. The second kappa shape index (κ2) is 10.5. The number of carbonyl (C=O) groups excluding carboxylic acids is 2. The van der Waals surface area contributed by atoms with E-state index in [9.17, 15) is 9.59 Å². The van der Waals surface area contributed by atoms with E-state index in [4.69, 9.17) is 36.6 Å². The van der Waals surface area contributed by atoms with Crippen molar-refractivity contribution in [2.24, 2.45) is 5.73 Å². The molecule has 2 aliphatic rings. The van der Waals surface area contributed by atoms with E-state index in [1.807, 2.05) is 49.9 Å². The molecular formula is C31H30ClN5O5. The summed E-state index contributed by atoms with van der Waals surface area (Å²) >= 11 is 6.48. The average Bonchev–Trinajstić information content (AvgIpc) is 3.36. The average molecular weight is 588 g/mol. The van der Waals surface area contributed by atoms with Crippen LogP contribution in [0.4, 0.5) is 0 Å². The van der Waals surface area contributed by atoms with Crippen molar-refractivity contribution in [2.45, 2.75) is 32.9 Å². The Hall–Kier alpha value is -4.41. The predicted octanol–water partition coefficient (Wildman–Crippen LogP) is 4.81. The van der Waals surface area contributed by atoms with Gasteiger partial charge in [-0.05, 0) is 56.7 Å². The van der Waals surface area contributed by atoms with Gasteiger partial charge >= 0.3 is 0 Å². The zero-order valence-electron chi connectivity index (χ0n) is 23.7. The highest BCUT2D eigenvalue weighted by Gasteiger charge is 2.39. The van der Waals surface area contributed by atoms with Crippen LogP contribution in [0.1, 0.15) is 45.8 Å². The van der Waals surface area contributed by atoms with Gasteiger partial charge in [-0.25, -0.2) is 4.68 Å². The van der Waals surface area contributed by atoms with Crippen LogP contribution in [0.2, 0.25) is 5.02 Å². The maximum atomic E-state index is 14.1. The summed E-state index contributed by atoms with van der Waals surface area (Å²) in [6, 6.07) is 11.0. The molecule has 216 valence electrons. The molecule has 1 saturated heterocycles. The minimum Gasteiger partial charge on any atom is -0.496 e. The molecule has 0 unspecified atom stereocenters. The van der Waals surface area contributed by atoms with E-state index in [0.717, 1.165) is 5.56 Å². The van der Waals surface area contributed by atoms with Crippen LogP contribution in [0.15, 0.2) is 48.8 Å². The third-order valence-corrected chi connectivity index (χ3v) is 7.83. The first-order valence-electron chi connectivity index (χ1n) is 13.5. The van der Waals surface area contributed by atoms with Crippen LogP contribution in [0, 0.1) is 6.92 Å². The van der Waals surface area contributed by atoms with E-state index in [0.29, 0.717) is 75.6 Å². The number of carbonyl (C=O) groups is 2. The number of aromatic nitrogens is 3. The Kier molecular flexibility index (Phi) is 6.90. The molecule has 0 bridgehead atoms. The molecule has 42 heavy (non-hydrogen) atoms. The van der Waals surface area contributed by atoms with Crippen molar-refractivity contribution in [1.82, 2.24) is 19.7 Å². The number of hydrogen-bond acceptors (Lipinski definition) is 7. The van der Waals surface area contributed by atoms with Crippen molar-refractivity contribution in [3.8, 4) is 39.6 Å². The Balaban J connectivity index is 1.59. The van der Waals surface area contributed by atoms with Crippen molar-refractivity contribution in [2.75, 3.05) is 26.9 Å². The van der Waals surface area contributed by atoms with Crippen LogP contribution in [-0.4, -0.2) is 63.9 Å². The quantitative estimate of drug-likeness (QED) is 0.355. The fourth-order valence-electron chi connectivity index (χ4n) is 5.56. The largest absolute Gasteiger partial charge is 0.496 e. The minimum atomic E-state index is -0.588. The van der Waals surface area contributed by atoms with Crippen molar-refractivity contribution in [3.05, 3.63) is 76.2 Å². The number of methoxy groups -OCH3 is 1. The third-order valence-electron chi connectivity index (χ3n) is 7.61. The van der Waals surface area contributed by atoms with Gasteiger partial charge in [0, 0.05) is 52.3 Å². The normalized spacial score (nSPS) is 15.4. The molecule has 4 aromatic rings. The van der Waals surface area contributed by atoms with E-state index in [-0.39, 0.29) is 18.1 Å². The molecule has 0 atom stereocenters. The van der Waals surface area contributed by atoms with Crippen molar-refractivity contribution >= 4 is 23.4 Å². The number of amides is 2. The van der Waals surface area contributed by atoms with Crippen LogP contribution < -0.4 is 15.2 Å². The molecule has 1 fully saturated rings. The highest BCUT2D eigenvalue weighted by molar-refractivity contribution is 6.30. The monoisotopic (exact) mass is 587 g/mol. The van der Waals surface area contributed by atoms with E-state index in [1.54, 1.807) is 30.1 Å². The number of nitrogens with zero attached hydrogens (tertiary/aromatic N) is 4. The van der Waals surface area contributed by atoms with Gasteiger partial charge in [0.2, 0.25) is 5.91 Å². The zero-order chi connectivity index (χ0) is 29.8. The van der Waals surface area contributed by atoms with Crippen LogP contribution in [0.3, 0.4) is 0 Å². The molecule has 0 saturated carbocycles. The van der Waals surface area contributed by atoms with Gasteiger partial charge in [0.15, 0.2) is 5.69 Å². The van der Waals surface area contributed by atoms with Crippen LogP contribution in [0.5, 0.6) is 11.5 Å². The Bertz CT molecular complexity index is 1730. The van der Waals surface area contributed by atoms with Gasteiger partial charge in [0.05, 0.1) is 42.8 Å². The van der Waals surface area contributed by atoms with Crippen molar-refractivity contribution in [3.63, 3.8) is 0 Å². The highest BCUT2D eigenvalue weighted by atomic mass is 35.5. The molecule has 6 rings (SSSR count). The van der Waals surface area contributed by atoms with Gasteiger partial charge in [0.25, 0.3) is 5.91 Å². The number of nitrogens with two attached hydrogens (primary N) is 1. The number of halogens is 1. The Labute approximate surface area is 247 Å². The number of aryl methyl sites for hydroxylation is 1. The molecule has 11 heteroatoms. The fourth-order valence-corrected chi connectivity index (χ4v) is 5.84. The molecule has 10 nitrogen and oxygen atoms in total. The molecule has 2 aromatic carbocycles. The van der Waals surface area contributed by atoms with Crippen molar-refractivity contribution < 1.29 is 23.8 Å². The highest BCUT2D eigenvalue weighted by Crippen LogP contribution is 2.46. The summed E-state index contributed by atoms with van der Waals surface area (Å²) in [4.78, 5) is 32.0. The van der Waals surface area contributed by atoms with Crippen LogP contribution in [-0.2, 0) is 11.3 Å². The second-order valence-electron chi connectivity index (χ2n) is 11.1. The summed E-state index contributed by atoms with van der Waals surface area (Å²) in [5, 5.41) is 5.46. The molecule has 0 radical (unpaired) electrons. The zero-order valence-corrected chi connectivity index (χ0v) is 24.5. The first-order valence-corrected chi connectivity index (χ1v) is 13.8. The minimum absolute atomic E-state index is 0.134. The maximum Gasteiger partial charge on any atom is 0.275 e. The second-order valence-corrected chi connectivity index (χ2v) is 11.5. The number of hydrogen-bond donors (Lipinski definition) is 1. The number of rotatable bonds is 5. The van der Waals surface area contributed by atoms with Gasteiger partial charge in [-0.15, -0.1) is 0 Å². The summed E-state index contributed by atoms with van der Waals surface area (Å²) in [7, 11) is 1.56. The summed E-state index contributed by atoms with van der Waals surface area (Å²) in [5.41, 5.74) is 10.6. The molecule has 0 spiro atoms. The standard InChI is InChI=1S/C31H30ClN5O5/c1-17-7-20(32)10-21(8-17)37-28-23-11-22(18-9-19(29(33)38)14-34-13-18)25(40-4)12-26(23)42-15-24(28)27(35-37)30(39)36-5-6-41-16-31(36,2)3/h7-14H,5-6,15-16H2,1-4H3,(H2,33,38). The molecule has 2 aliphatic heterocycles. The molecule has 2 N–H and O–H groups in total. The third kappa shape index (κ3) is 4.76. The first-order chi connectivity index (χ1) is 20.1. The molecule has 2 amide bonds. The lowest BCUT2D eigenvalue weighted by Crippen LogP contribution is -2.55. The number of primary amides is 1. The van der Waals surface area contributed by atoms with Gasteiger partial charge < -0.3 is 24.8 Å². The smallest absolute Gasteiger partial charge is 0.275 e. The van der Waals surface area contributed by atoms with Gasteiger partial charge in [-0.1, -0.05) is 11.6 Å². The molecule has 2 aromatic heterocycles. The molecular weight excluding hydrogens is 558 g/mol. The maximum absolute atomic E-state index is 14.1. The Morgan fingerprint density at radius 3 is 2.62 bits per heavy atom. The van der Waals surface area contributed by atoms with Gasteiger partial charge in [-0.2, -0.15) is 5.10 Å². The van der Waals surface area contributed by atoms with E-state index >= 15 is 0 Å². The molecule has 0 aliphatic carbocycles. The number of fused-ring (bicyclic) bond motifs is 3. The van der Waals surface area contributed by atoms with E-state index in [2.05, 4.69) is 4.98 Å². The number of benzene rings is 2. The number of morpholine rings is 1. The number of pyridine rings is 1. The van der Waals surface area contributed by atoms with Crippen LogP contribution in [0.25, 0.3) is 28.1 Å².